The number of rotatable bonds is 5. The van der Waals surface area contributed by atoms with E-state index in [1.807, 2.05) is 24.3 Å². The lowest BCUT2D eigenvalue weighted by Crippen LogP contribution is -2.05. The Morgan fingerprint density at radius 2 is 1.85 bits per heavy atom. The first-order valence-corrected chi connectivity index (χ1v) is 9.65. The summed E-state index contributed by atoms with van der Waals surface area (Å²) in [6.07, 6.45) is -2.24. The van der Waals surface area contributed by atoms with Gasteiger partial charge >= 0.3 is 6.18 Å². The molecule has 26 heavy (non-hydrogen) atoms. The zero-order valence-corrected chi connectivity index (χ0v) is 16.7. The molecular formula is C19H17ClF3IN2. The molecule has 0 aliphatic carbocycles. The summed E-state index contributed by atoms with van der Waals surface area (Å²) in [5.41, 5.74) is 7.38. The number of unbranched alkanes of at least 4 members (excludes halogenated alkanes) is 1. The average molecular weight is 493 g/mol. The molecule has 1 heterocycles. The van der Waals surface area contributed by atoms with Gasteiger partial charge in [-0.05, 0) is 72.2 Å². The molecule has 0 bridgehead atoms. The van der Waals surface area contributed by atoms with E-state index in [0.717, 1.165) is 39.3 Å². The summed E-state index contributed by atoms with van der Waals surface area (Å²) in [7, 11) is 0. The monoisotopic (exact) mass is 492 g/mol. The van der Waals surface area contributed by atoms with Gasteiger partial charge < -0.3 is 10.7 Å². The maximum Gasteiger partial charge on any atom is 0.418 e. The van der Waals surface area contributed by atoms with E-state index in [1.54, 1.807) is 6.07 Å². The Hall–Kier alpha value is -1.25. The van der Waals surface area contributed by atoms with E-state index < -0.39 is 11.7 Å². The number of hydrogen-bond acceptors (Lipinski definition) is 1. The van der Waals surface area contributed by atoms with Gasteiger partial charge in [0.2, 0.25) is 0 Å². The fourth-order valence-electron chi connectivity index (χ4n) is 3.14. The van der Waals surface area contributed by atoms with Crippen LogP contribution in [0.4, 0.5) is 13.2 Å². The van der Waals surface area contributed by atoms with E-state index in [0.29, 0.717) is 18.4 Å². The Kier molecular flexibility index (Phi) is 5.84. The predicted octanol–water partition coefficient (Wildman–Crippen LogP) is 6.39. The molecule has 2 aromatic carbocycles. The van der Waals surface area contributed by atoms with E-state index in [-0.39, 0.29) is 10.5 Å². The summed E-state index contributed by atoms with van der Waals surface area (Å²) in [6.45, 7) is 0.551. The molecule has 7 heteroatoms. The molecule has 2 nitrogen and oxygen atoms in total. The van der Waals surface area contributed by atoms with Crippen LogP contribution >= 0.6 is 34.2 Å². The van der Waals surface area contributed by atoms with Gasteiger partial charge in [0.25, 0.3) is 0 Å². The van der Waals surface area contributed by atoms with Crippen molar-refractivity contribution in [1.82, 2.24) is 4.98 Å². The van der Waals surface area contributed by atoms with Gasteiger partial charge in [0.1, 0.15) is 0 Å². The second-order valence-corrected chi connectivity index (χ2v) is 7.68. The molecule has 3 aromatic rings. The van der Waals surface area contributed by atoms with Crippen molar-refractivity contribution in [3.8, 4) is 11.3 Å². The Morgan fingerprint density at radius 1 is 1.12 bits per heavy atom. The van der Waals surface area contributed by atoms with Crippen molar-refractivity contribution in [3.05, 3.63) is 56.1 Å². The molecule has 0 saturated heterocycles. The molecule has 138 valence electrons. The topological polar surface area (TPSA) is 41.8 Å². The molecule has 1 aromatic heterocycles. The number of benzene rings is 2. The van der Waals surface area contributed by atoms with Crippen LogP contribution in [0.3, 0.4) is 0 Å². The van der Waals surface area contributed by atoms with E-state index in [1.165, 1.54) is 0 Å². The van der Waals surface area contributed by atoms with Crippen molar-refractivity contribution in [2.75, 3.05) is 6.54 Å². The molecule has 0 aliphatic heterocycles. The fourth-order valence-corrected chi connectivity index (χ4v) is 4.01. The molecule has 0 radical (unpaired) electrons. The number of aromatic amines is 1. The van der Waals surface area contributed by atoms with Crippen LogP contribution in [-0.2, 0) is 12.6 Å². The highest BCUT2D eigenvalue weighted by Gasteiger charge is 2.34. The van der Waals surface area contributed by atoms with Crippen molar-refractivity contribution in [2.24, 2.45) is 5.73 Å². The summed E-state index contributed by atoms with van der Waals surface area (Å²) >= 11 is 8.21. The quantitative estimate of drug-likeness (QED) is 0.314. The van der Waals surface area contributed by atoms with Gasteiger partial charge in [0, 0.05) is 19.5 Å². The van der Waals surface area contributed by atoms with Crippen LogP contribution < -0.4 is 5.73 Å². The third-order valence-electron chi connectivity index (χ3n) is 4.31. The third kappa shape index (κ3) is 3.87. The largest absolute Gasteiger partial charge is 0.418 e. The maximum absolute atomic E-state index is 13.5. The van der Waals surface area contributed by atoms with E-state index in [4.69, 9.17) is 17.3 Å². The van der Waals surface area contributed by atoms with Crippen LogP contribution in [0.1, 0.15) is 24.0 Å². The molecular weight excluding hydrogens is 476 g/mol. The first-order chi connectivity index (χ1) is 12.3. The van der Waals surface area contributed by atoms with Gasteiger partial charge in [-0.1, -0.05) is 29.8 Å². The van der Waals surface area contributed by atoms with Crippen molar-refractivity contribution >= 4 is 45.1 Å². The van der Waals surface area contributed by atoms with E-state index >= 15 is 0 Å². The smallest absolute Gasteiger partial charge is 0.354 e. The molecule has 3 rings (SSSR count). The first-order valence-electron chi connectivity index (χ1n) is 8.19. The van der Waals surface area contributed by atoms with Crippen molar-refractivity contribution in [3.63, 3.8) is 0 Å². The van der Waals surface area contributed by atoms with Crippen molar-refractivity contribution in [2.45, 2.75) is 25.4 Å². The zero-order valence-electron chi connectivity index (χ0n) is 13.8. The van der Waals surface area contributed by atoms with E-state index in [2.05, 4.69) is 27.6 Å². The second kappa shape index (κ2) is 7.78. The number of nitrogens with two attached hydrogens (primary N) is 1. The lowest BCUT2D eigenvalue weighted by Gasteiger charge is -2.09. The maximum atomic E-state index is 13.5. The van der Waals surface area contributed by atoms with Gasteiger partial charge in [-0.3, -0.25) is 0 Å². The second-order valence-electron chi connectivity index (χ2n) is 6.08. The molecule has 0 aliphatic rings. The number of aromatic nitrogens is 1. The van der Waals surface area contributed by atoms with Gasteiger partial charge in [-0.25, -0.2) is 0 Å². The molecule has 3 N–H and O–H groups in total. The highest BCUT2D eigenvalue weighted by atomic mass is 127. The van der Waals surface area contributed by atoms with Crippen LogP contribution in [0.15, 0.2) is 36.4 Å². The van der Waals surface area contributed by atoms with Crippen molar-refractivity contribution in [1.29, 1.82) is 0 Å². The van der Waals surface area contributed by atoms with Gasteiger partial charge in [0.15, 0.2) is 0 Å². The summed E-state index contributed by atoms with van der Waals surface area (Å²) in [6, 6.07) is 10.2. The number of hydrogen-bond donors (Lipinski definition) is 2. The van der Waals surface area contributed by atoms with Crippen LogP contribution in [0.2, 0.25) is 5.02 Å². The van der Waals surface area contributed by atoms with Crippen LogP contribution in [-0.4, -0.2) is 11.5 Å². The SMILES string of the molecule is NCCCCc1c(-c2ccccc2I)[nH]c2c(C(F)(F)F)cc(Cl)cc12. The Labute approximate surface area is 168 Å². The number of aryl methyl sites for hydroxylation is 1. The average Bonchev–Trinajstić information content (AvgIpc) is 2.92. The van der Waals surface area contributed by atoms with Crippen LogP contribution in [0.5, 0.6) is 0 Å². The molecule has 0 spiro atoms. The van der Waals surface area contributed by atoms with Gasteiger partial charge in [-0.15, -0.1) is 0 Å². The Bertz CT molecular complexity index is 934. The normalized spacial score (nSPS) is 12.1. The molecule has 0 saturated carbocycles. The minimum Gasteiger partial charge on any atom is -0.354 e. The summed E-state index contributed by atoms with van der Waals surface area (Å²) in [5, 5.41) is 0.606. The number of halogens is 5. The van der Waals surface area contributed by atoms with E-state index in [9.17, 15) is 13.2 Å². The summed E-state index contributed by atoms with van der Waals surface area (Å²) < 4.78 is 41.6. The standard InChI is InChI=1S/C19H17ClF3IN2/c20-11-9-14-12(5-3-4-8-25)17(13-6-1-2-7-16(13)24)26-18(14)15(10-11)19(21,22)23/h1-2,6-7,9-10,26H,3-5,8,25H2. The predicted molar refractivity (Wildman–Crippen MR) is 108 cm³/mol. The lowest BCUT2D eigenvalue weighted by atomic mass is 9.99. The van der Waals surface area contributed by atoms with Crippen LogP contribution in [0, 0.1) is 3.57 Å². The zero-order chi connectivity index (χ0) is 18.9. The highest BCUT2D eigenvalue weighted by molar-refractivity contribution is 14.1. The number of H-pyrrole nitrogens is 1. The van der Waals surface area contributed by atoms with Gasteiger partial charge in [0.05, 0.1) is 16.8 Å². The van der Waals surface area contributed by atoms with Crippen LogP contribution in [0.25, 0.3) is 22.2 Å². The number of fused-ring (bicyclic) bond motifs is 1. The lowest BCUT2D eigenvalue weighted by molar-refractivity contribution is -0.136. The minimum atomic E-state index is -4.48. The minimum absolute atomic E-state index is 0.0817. The molecule has 0 amide bonds. The van der Waals surface area contributed by atoms with Gasteiger partial charge in [-0.2, -0.15) is 13.2 Å². The molecule has 0 unspecified atom stereocenters. The fraction of sp³-hybridized carbons (Fsp3) is 0.263. The molecule has 0 atom stereocenters. The first kappa shape index (κ1) is 19.5. The third-order valence-corrected chi connectivity index (χ3v) is 5.47. The Morgan fingerprint density at radius 3 is 2.50 bits per heavy atom. The summed E-state index contributed by atoms with van der Waals surface area (Å²) in [5.74, 6) is 0. The highest BCUT2D eigenvalue weighted by Crippen LogP contribution is 2.41. The van der Waals surface area contributed by atoms with Crippen molar-refractivity contribution < 1.29 is 13.2 Å². The molecule has 0 fully saturated rings. The Balaban J connectivity index is 2.29. The summed E-state index contributed by atoms with van der Waals surface area (Å²) in [4.78, 5) is 3.04. The number of alkyl halides is 3. The number of nitrogens with one attached hydrogen (secondary N) is 1.